The van der Waals surface area contributed by atoms with Gasteiger partial charge in [0.1, 0.15) is 0 Å². The standard InChI is InChI=1S/C15H26N2S/c1-11(2)9-16-10-14-12(3)17-15(18-14)13-7-5-4-6-8-13/h11,13,16H,4-10H2,1-3H3. The second-order valence-corrected chi connectivity index (χ2v) is 7.04. The van der Waals surface area contributed by atoms with Gasteiger partial charge in [-0.25, -0.2) is 4.98 Å². The predicted octanol–water partition coefficient (Wildman–Crippen LogP) is 4.24. The maximum Gasteiger partial charge on any atom is 0.0962 e. The minimum Gasteiger partial charge on any atom is -0.312 e. The van der Waals surface area contributed by atoms with Crippen molar-refractivity contribution in [3.8, 4) is 0 Å². The van der Waals surface area contributed by atoms with E-state index in [2.05, 4.69) is 26.1 Å². The third-order valence-electron chi connectivity index (χ3n) is 3.70. The maximum absolute atomic E-state index is 4.81. The fourth-order valence-corrected chi connectivity index (χ4v) is 3.82. The maximum atomic E-state index is 4.81. The van der Waals surface area contributed by atoms with Crippen LogP contribution in [0.5, 0.6) is 0 Å². The molecule has 0 saturated heterocycles. The summed E-state index contributed by atoms with van der Waals surface area (Å²) in [6.07, 6.45) is 6.91. The summed E-state index contributed by atoms with van der Waals surface area (Å²) in [5.74, 6) is 1.47. The minimum atomic E-state index is 0.719. The van der Waals surface area contributed by atoms with Crippen LogP contribution in [0.15, 0.2) is 0 Å². The molecule has 0 aliphatic heterocycles. The van der Waals surface area contributed by atoms with Gasteiger partial charge < -0.3 is 5.32 Å². The lowest BCUT2D eigenvalue weighted by Crippen LogP contribution is -2.18. The Kier molecular flexibility index (Phi) is 5.19. The molecule has 0 spiro atoms. The largest absolute Gasteiger partial charge is 0.312 e. The smallest absolute Gasteiger partial charge is 0.0962 e. The summed E-state index contributed by atoms with van der Waals surface area (Å²) in [7, 11) is 0. The van der Waals surface area contributed by atoms with Crippen LogP contribution in [0.3, 0.4) is 0 Å². The Bertz CT molecular complexity index is 365. The third-order valence-corrected chi connectivity index (χ3v) is 5.02. The van der Waals surface area contributed by atoms with Gasteiger partial charge in [0.2, 0.25) is 0 Å². The Hall–Kier alpha value is -0.410. The monoisotopic (exact) mass is 266 g/mol. The van der Waals surface area contributed by atoms with E-state index in [4.69, 9.17) is 4.98 Å². The highest BCUT2D eigenvalue weighted by Gasteiger charge is 2.20. The van der Waals surface area contributed by atoms with Gasteiger partial charge in [-0.1, -0.05) is 33.1 Å². The lowest BCUT2D eigenvalue weighted by molar-refractivity contribution is 0.442. The number of hydrogen-bond acceptors (Lipinski definition) is 3. The van der Waals surface area contributed by atoms with Crippen LogP contribution in [0.4, 0.5) is 0 Å². The highest BCUT2D eigenvalue weighted by molar-refractivity contribution is 7.11. The number of nitrogens with one attached hydrogen (secondary N) is 1. The molecule has 3 heteroatoms. The van der Waals surface area contributed by atoms with Crippen molar-refractivity contribution in [3.63, 3.8) is 0 Å². The van der Waals surface area contributed by atoms with Gasteiger partial charge in [-0.2, -0.15) is 0 Å². The topological polar surface area (TPSA) is 24.9 Å². The van der Waals surface area contributed by atoms with E-state index < -0.39 is 0 Å². The fourth-order valence-electron chi connectivity index (χ4n) is 2.61. The van der Waals surface area contributed by atoms with Crippen LogP contribution >= 0.6 is 11.3 Å². The summed E-state index contributed by atoms with van der Waals surface area (Å²) in [4.78, 5) is 6.25. The fraction of sp³-hybridized carbons (Fsp3) is 0.800. The van der Waals surface area contributed by atoms with Crippen LogP contribution in [0, 0.1) is 12.8 Å². The molecule has 1 N–H and O–H groups in total. The van der Waals surface area contributed by atoms with E-state index in [1.165, 1.54) is 47.7 Å². The predicted molar refractivity (Wildman–Crippen MR) is 79.2 cm³/mol. The average Bonchev–Trinajstić information content (AvgIpc) is 2.72. The molecular weight excluding hydrogens is 240 g/mol. The van der Waals surface area contributed by atoms with Gasteiger partial charge in [0, 0.05) is 17.3 Å². The molecule has 0 atom stereocenters. The molecule has 1 aliphatic rings. The van der Waals surface area contributed by atoms with Crippen molar-refractivity contribution in [1.29, 1.82) is 0 Å². The lowest BCUT2D eigenvalue weighted by atomic mass is 9.90. The summed E-state index contributed by atoms with van der Waals surface area (Å²) in [6, 6.07) is 0. The molecule has 0 unspecified atom stereocenters. The lowest BCUT2D eigenvalue weighted by Gasteiger charge is -2.18. The highest BCUT2D eigenvalue weighted by Crippen LogP contribution is 2.35. The van der Waals surface area contributed by atoms with E-state index in [-0.39, 0.29) is 0 Å². The number of aromatic nitrogens is 1. The molecule has 102 valence electrons. The second-order valence-electron chi connectivity index (χ2n) is 5.92. The molecule has 1 aromatic rings. The Labute approximate surface area is 115 Å². The normalized spacial score (nSPS) is 17.6. The van der Waals surface area contributed by atoms with Crippen molar-refractivity contribution in [1.82, 2.24) is 10.3 Å². The molecule has 2 nitrogen and oxygen atoms in total. The molecule has 1 heterocycles. The zero-order valence-corrected chi connectivity index (χ0v) is 12.8. The van der Waals surface area contributed by atoms with Gasteiger partial charge >= 0.3 is 0 Å². The number of hydrogen-bond donors (Lipinski definition) is 1. The summed E-state index contributed by atoms with van der Waals surface area (Å²) in [6.45, 7) is 8.75. The number of thiazole rings is 1. The average molecular weight is 266 g/mol. The van der Waals surface area contributed by atoms with Crippen LogP contribution in [0.25, 0.3) is 0 Å². The number of aryl methyl sites for hydroxylation is 1. The molecular formula is C15H26N2S. The summed E-state index contributed by atoms with van der Waals surface area (Å²) in [5.41, 5.74) is 1.25. The van der Waals surface area contributed by atoms with Crippen molar-refractivity contribution in [2.75, 3.05) is 6.54 Å². The van der Waals surface area contributed by atoms with Gasteiger partial charge in [0.15, 0.2) is 0 Å². The molecule has 1 saturated carbocycles. The zero-order chi connectivity index (χ0) is 13.0. The van der Waals surface area contributed by atoms with Crippen molar-refractivity contribution < 1.29 is 0 Å². The molecule has 2 rings (SSSR count). The van der Waals surface area contributed by atoms with Crippen LogP contribution in [-0.2, 0) is 6.54 Å². The minimum absolute atomic E-state index is 0.719. The number of nitrogens with zero attached hydrogens (tertiary/aromatic N) is 1. The number of rotatable bonds is 5. The van der Waals surface area contributed by atoms with E-state index in [1.54, 1.807) is 0 Å². The summed E-state index contributed by atoms with van der Waals surface area (Å²) < 4.78 is 0. The van der Waals surface area contributed by atoms with E-state index in [9.17, 15) is 0 Å². The molecule has 1 fully saturated rings. The van der Waals surface area contributed by atoms with Gasteiger partial charge in [0.05, 0.1) is 10.7 Å². The van der Waals surface area contributed by atoms with Gasteiger partial charge in [-0.05, 0) is 32.2 Å². The van der Waals surface area contributed by atoms with Crippen molar-refractivity contribution >= 4 is 11.3 Å². The SMILES string of the molecule is Cc1nc(C2CCCCC2)sc1CNCC(C)C. The molecule has 0 amide bonds. The van der Waals surface area contributed by atoms with E-state index in [0.717, 1.165) is 24.9 Å². The first-order valence-corrected chi connectivity index (χ1v) is 8.15. The van der Waals surface area contributed by atoms with Gasteiger partial charge in [-0.15, -0.1) is 11.3 Å². The van der Waals surface area contributed by atoms with Crippen molar-refractivity contribution in [3.05, 3.63) is 15.6 Å². The first-order chi connectivity index (χ1) is 8.66. The van der Waals surface area contributed by atoms with E-state index in [1.807, 2.05) is 11.3 Å². The van der Waals surface area contributed by atoms with Crippen LogP contribution in [-0.4, -0.2) is 11.5 Å². The second kappa shape index (κ2) is 6.67. The van der Waals surface area contributed by atoms with E-state index >= 15 is 0 Å². The molecule has 1 aromatic heterocycles. The van der Waals surface area contributed by atoms with Crippen LogP contribution in [0.2, 0.25) is 0 Å². The van der Waals surface area contributed by atoms with Gasteiger partial charge in [-0.3, -0.25) is 0 Å². The first kappa shape index (κ1) is 14.0. The highest BCUT2D eigenvalue weighted by atomic mass is 32.1. The van der Waals surface area contributed by atoms with Crippen LogP contribution < -0.4 is 5.32 Å². The Balaban J connectivity index is 1.93. The van der Waals surface area contributed by atoms with E-state index in [0.29, 0.717) is 0 Å². The van der Waals surface area contributed by atoms with Crippen LogP contribution in [0.1, 0.15) is 67.4 Å². The van der Waals surface area contributed by atoms with Crippen molar-refractivity contribution in [2.24, 2.45) is 5.92 Å². The quantitative estimate of drug-likeness (QED) is 0.862. The summed E-state index contributed by atoms with van der Waals surface area (Å²) >= 11 is 1.94. The first-order valence-electron chi connectivity index (χ1n) is 7.33. The van der Waals surface area contributed by atoms with Gasteiger partial charge in [0.25, 0.3) is 0 Å². The summed E-state index contributed by atoms with van der Waals surface area (Å²) in [5, 5.41) is 4.93. The molecule has 0 radical (unpaired) electrons. The molecule has 0 bridgehead atoms. The zero-order valence-electron chi connectivity index (χ0n) is 12.0. The Morgan fingerprint density at radius 2 is 2.00 bits per heavy atom. The third kappa shape index (κ3) is 3.79. The Morgan fingerprint density at radius 3 is 2.67 bits per heavy atom. The van der Waals surface area contributed by atoms with Crippen molar-refractivity contribution in [2.45, 2.75) is 65.3 Å². The Morgan fingerprint density at radius 1 is 1.28 bits per heavy atom. The molecule has 18 heavy (non-hydrogen) atoms. The molecule has 1 aliphatic carbocycles. The molecule has 0 aromatic carbocycles.